The SMILES string of the molecule is [C-]#[N+]c1ccc(-c2cnc3nnn(Cc4ccn5nccc5c4)c3n2)cn1. The highest BCUT2D eigenvalue weighted by Crippen LogP contribution is 2.20. The molecule has 0 saturated carbocycles. The van der Waals surface area contributed by atoms with Crippen LogP contribution in [0.4, 0.5) is 5.82 Å². The molecule has 0 aromatic carbocycles. The number of pyridine rings is 2. The van der Waals surface area contributed by atoms with E-state index < -0.39 is 0 Å². The van der Waals surface area contributed by atoms with Crippen LogP contribution < -0.4 is 0 Å². The number of rotatable bonds is 3. The largest absolute Gasteiger partial charge is 0.361 e. The van der Waals surface area contributed by atoms with Crippen LogP contribution in [0.5, 0.6) is 0 Å². The van der Waals surface area contributed by atoms with Gasteiger partial charge in [0.2, 0.25) is 5.65 Å². The molecule has 0 aliphatic heterocycles. The van der Waals surface area contributed by atoms with Crippen LogP contribution in [0.25, 0.3) is 32.9 Å². The summed E-state index contributed by atoms with van der Waals surface area (Å²) in [4.78, 5) is 16.4. The molecule has 0 fully saturated rings. The zero-order valence-corrected chi connectivity index (χ0v) is 13.9. The summed E-state index contributed by atoms with van der Waals surface area (Å²) < 4.78 is 3.52. The lowest BCUT2D eigenvalue weighted by Crippen LogP contribution is -2.04. The Balaban J connectivity index is 1.53. The van der Waals surface area contributed by atoms with Gasteiger partial charge in [-0.1, -0.05) is 17.9 Å². The van der Waals surface area contributed by atoms with Gasteiger partial charge in [-0.15, -0.1) is 10.1 Å². The van der Waals surface area contributed by atoms with Crippen molar-refractivity contribution in [3.05, 3.63) is 72.1 Å². The van der Waals surface area contributed by atoms with Crippen LogP contribution >= 0.6 is 0 Å². The summed E-state index contributed by atoms with van der Waals surface area (Å²) in [5.74, 6) is 0.342. The van der Waals surface area contributed by atoms with Crippen molar-refractivity contribution < 1.29 is 0 Å². The molecule has 0 saturated heterocycles. The Morgan fingerprint density at radius 1 is 1.07 bits per heavy atom. The molecule has 0 aliphatic rings. The van der Waals surface area contributed by atoms with Crippen molar-refractivity contribution in [1.82, 2.24) is 39.6 Å². The summed E-state index contributed by atoms with van der Waals surface area (Å²) in [5.41, 5.74) is 4.58. The van der Waals surface area contributed by atoms with E-state index in [4.69, 9.17) is 6.57 Å². The van der Waals surface area contributed by atoms with Crippen LogP contribution in [0.3, 0.4) is 0 Å². The van der Waals surface area contributed by atoms with Gasteiger partial charge in [0.1, 0.15) is 6.20 Å². The summed E-state index contributed by atoms with van der Waals surface area (Å²) in [5, 5.41) is 12.5. The number of aromatic nitrogens is 8. The number of fused-ring (bicyclic) bond motifs is 2. The highest BCUT2D eigenvalue weighted by atomic mass is 15.4. The van der Waals surface area contributed by atoms with Gasteiger partial charge in [-0.3, -0.25) is 0 Å². The highest BCUT2D eigenvalue weighted by molar-refractivity contribution is 5.70. The van der Waals surface area contributed by atoms with Crippen molar-refractivity contribution in [3.8, 4) is 11.3 Å². The fourth-order valence-corrected chi connectivity index (χ4v) is 2.84. The Bertz CT molecular complexity index is 1310. The lowest BCUT2D eigenvalue weighted by Gasteiger charge is -2.04. The van der Waals surface area contributed by atoms with Gasteiger partial charge in [-0.2, -0.15) is 5.10 Å². The quantitative estimate of drug-likeness (QED) is 0.463. The Kier molecular flexibility index (Phi) is 3.33. The normalized spacial score (nSPS) is 11.1. The first kappa shape index (κ1) is 15.1. The fourth-order valence-electron chi connectivity index (χ4n) is 2.84. The Labute approximate surface area is 152 Å². The van der Waals surface area contributed by atoms with Crippen molar-refractivity contribution in [3.63, 3.8) is 0 Å². The van der Waals surface area contributed by atoms with Gasteiger partial charge in [0.15, 0.2) is 5.65 Å². The molecule has 0 bridgehead atoms. The van der Waals surface area contributed by atoms with E-state index in [1.165, 1.54) is 0 Å². The zero-order chi connectivity index (χ0) is 18.2. The first-order valence-corrected chi connectivity index (χ1v) is 8.12. The molecule has 0 atom stereocenters. The van der Waals surface area contributed by atoms with Gasteiger partial charge in [0.05, 0.1) is 24.0 Å². The van der Waals surface area contributed by atoms with Gasteiger partial charge >= 0.3 is 0 Å². The summed E-state index contributed by atoms with van der Waals surface area (Å²) in [6, 6.07) is 9.44. The summed E-state index contributed by atoms with van der Waals surface area (Å²) in [7, 11) is 0. The van der Waals surface area contributed by atoms with Crippen molar-refractivity contribution >= 4 is 22.6 Å². The second kappa shape index (κ2) is 5.96. The number of hydrogen-bond acceptors (Lipinski definition) is 6. The van der Waals surface area contributed by atoms with Crippen LogP contribution in [-0.2, 0) is 6.54 Å². The van der Waals surface area contributed by atoms with Crippen molar-refractivity contribution in [2.24, 2.45) is 0 Å². The molecule has 0 aliphatic carbocycles. The first-order chi connectivity index (χ1) is 13.3. The second-order valence-electron chi connectivity index (χ2n) is 5.90. The van der Waals surface area contributed by atoms with E-state index in [-0.39, 0.29) is 0 Å². The second-order valence-corrected chi connectivity index (χ2v) is 5.90. The van der Waals surface area contributed by atoms with Gasteiger partial charge < -0.3 is 4.85 Å². The molecule has 9 nitrogen and oxygen atoms in total. The summed E-state index contributed by atoms with van der Waals surface area (Å²) in [6.45, 7) is 7.51. The summed E-state index contributed by atoms with van der Waals surface area (Å²) >= 11 is 0. The number of hydrogen-bond donors (Lipinski definition) is 0. The molecule has 5 aromatic rings. The lowest BCUT2D eigenvalue weighted by molar-refractivity contribution is 0.663. The molecular weight excluding hydrogens is 342 g/mol. The maximum atomic E-state index is 6.99. The van der Waals surface area contributed by atoms with E-state index in [0.29, 0.717) is 29.4 Å². The predicted octanol–water partition coefficient (Wildman–Crippen LogP) is 2.53. The van der Waals surface area contributed by atoms with Crippen molar-refractivity contribution in [2.75, 3.05) is 0 Å². The van der Waals surface area contributed by atoms with E-state index in [2.05, 4.69) is 35.2 Å². The lowest BCUT2D eigenvalue weighted by atomic mass is 10.2. The minimum Gasteiger partial charge on any atom is -0.361 e. The maximum Gasteiger partial charge on any atom is 0.269 e. The van der Waals surface area contributed by atoms with Gasteiger partial charge in [-0.25, -0.2) is 19.2 Å². The Hall–Kier alpha value is -4.19. The molecule has 5 aromatic heterocycles. The minimum absolute atomic E-state index is 0.342. The van der Waals surface area contributed by atoms with Crippen molar-refractivity contribution in [2.45, 2.75) is 6.54 Å². The average molecular weight is 353 g/mol. The molecule has 0 N–H and O–H groups in total. The average Bonchev–Trinajstić information content (AvgIpc) is 3.34. The highest BCUT2D eigenvalue weighted by Gasteiger charge is 2.11. The molecule has 5 heterocycles. The topological polar surface area (TPSA) is 91.0 Å². The van der Waals surface area contributed by atoms with E-state index in [9.17, 15) is 0 Å². The molecule has 9 heteroatoms. The Morgan fingerprint density at radius 3 is 2.89 bits per heavy atom. The third kappa shape index (κ3) is 2.65. The van der Waals surface area contributed by atoms with E-state index in [0.717, 1.165) is 16.6 Å². The monoisotopic (exact) mass is 353 g/mol. The fraction of sp³-hybridized carbons (Fsp3) is 0.0556. The molecule has 0 amide bonds. The Morgan fingerprint density at radius 2 is 2.04 bits per heavy atom. The standard InChI is InChI=1S/C18H11N9/c1-19-16-3-2-13(9-20-16)15-10-21-17-18(23-15)27(25-24-17)11-12-5-7-26-14(8-12)4-6-22-26/h2-10H,11H2. The van der Waals surface area contributed by atoms with Crippen LogP contribution in [-0.4, -0.2) is 39.6 Å². The molecule has 0 radical (unpaired) electrons. The van der Waals surface area contributed by atoms with Crippen molar-refractivity contribution in [1.29, 1.82) is 0 Å². The van der Waals surface area contributed by atoms with Crippen LogP contribution in [0.1, 0.15) is 5.56 Å². The molecular formula is C18H11N9. The van der Waals surface area contributed by atoms with Crippen LogP contribution in [0, 0.1) is 6.57 Å². The third-order valence-corrected chi connectivity index (χ3v) is 4.18. The van der Waals surface area contributed by atoms with Gasteiger partial charge in [0.25, 0.3) is 5.82 Å². The molecule has 5 rings (SSSR count). The first-order valence-electron chi connectivity index (χ1n) is 8.12. The predicted molar refractivity (Wildman–Crippen MR) is 96.9 cm³/mol. The molecule has 0 unspecified atom stereocenters. The zero-order valence-electron chi connectivity index (χ0n) is 13.9. The smallest absolute Gasteiger partial charge is 0.269 e. The van der Waals surface area contributed by atoms with E-state index in [1.807, 2.05) is 24.4 Å². The molecule has 0 spiro atoms. The van der Waals surface area contributed by atoms with Crippen LogP contribution in [0.2, 0.25) is 0 Å². The van der Waals surface area contributed by atoms with E-state index >= 15 is 0 Å². The summed E-state index contributed by atoms with van der Waals surface area (Å²) in [6.07, 6.45) is 6.92. The maximum absolute atomic E-state index is 6.99. The van der Waals surface area contributed by atoms with Gasteiger partial charge in [-0.05, 0) is 29.8 Å². The third-order valence-electron chi connectivity index (χ3n) is 4.18. The van der Waals surface area contributed by atoms with Gasteiger partial charge in [0, 0.05) is 18.0 Å². The molecule has 128 valence electrons. The number of nitrogens with zero attached hydrogens (tertiary/aromatic N) is 9. The minimum atomic E-state index is 0.342. The molecule has 27 heavy (non-hydrogen) atoms. The van der Waals surface area contributed by atoms with Crippen LogP contribution in [0.15, 0.2) is 55.1 Å². The van der Waals surface area contributed by atoms with E-state index in [1.54, 1.807) is 39.9 Å².